The third-order valence-electron chi connectivity index (χ3n) is 7.40. The van der Waals surface area contributed by atoms with Crippen molar-refractivity contribution in [1.82, 2.24) is 24.3 Å². The van der Waals surface area contributed by atoms with Crippen LogP contribution in [0.4, 0.5) is 0 Å². The second-order valence-corrected chi connectivity index (χ2v) is 9.96. The van der Waals surface area contributed by atoms with Crippen molar-refractivity contribution in [2.75, 3.05) is 32.7 Å². The lowest BCUT2D eigenvalue weighted by Gasteiger charge is -2.47. The Morgan fingerprint density at radius 3 is 2.73 bits per heavy atom. The van der Waals surface area contributed by atoms with Crippen LogP contribution in [-0.2, 0) is 16.1 Å². The van der Waals surface area contributed by atoms with Gasteiger partial charge >= 0.3 is 0 Å². The van der Waals surface area contributed by atoms with Gasteiger partial charge in [0, 0.05) is 76.2 Å². The standard InChI is InChI=1S/C25H32ClN5O2/c26-20-7-8-23(27-16-20)30-13-1-4-21(30)18-28-15-10-22-19(17-28)6-9-25(33)31(22)14-3-12-29-11-2-5-24(29)32/h1,4,7-8,13,16,19,22H,2-3,5-6,9-12,14-15,17-18H2/t19-,22+/m1/s1. The highest BCUT2D eigenvalue weighted by molar-refractivity contribution is 6.30. The molecule has 0 aromatic carbocycles. The number of nitrogens with zero attached hydrogens (tertiary/aromatic N) is 5. The summed E-state index contributed by atoms with van der Waals surface area (Å²) in [4.78, 5) is 35.7. The van der Waals surface area contributed by atoms with Crippen LogP contribution in [0, 0.1) is 5.92 Å². The number of amides is 2. The normalized spacial score (nSPS) is 23.9. The van der Waals surface area contributed by atoms with Gasteiger partial charge in [0.05, 0.1) is 5.02 Å². The van der Waals surface area contributed by atoms with Gasteiger partial charge in [0.1, 0.15) is 5.82 Å². The van der Waals surface area contributed by atoms with Gasteiger partial charge in [0.15, 0.2) is 0 Å². The molecule has 3 fully saturated rings. The minimum absolute atomic E-state index is 0.268. The topological polar surface area (TPSA) is 61.7 Å². The number of rotatable bonds is 7. The number of aromatic nitrogens is 2. The van der Waals surface area contributed by atoms with E-state index in [9.17, 15) is 9.59 Å². The minimum Gasteiger partial charge on any atom is -0.343 e. The van der Waals surface area contributed by atoms with E-state index < -0.39 is 0 Å². The minimum atomic E-state index is 0.268. The maximum absolute atomic E-state index is 12.7. The molecule has 2 amide bonds. The maximum atomic E-state index is 12.7. The maximum Gasteiger partial charge on any atom is 0.222 e. The molecule has 0 aliphatic carbocycles. The number of carbonyl (C=O) groups excluding carboxylic acids is 2. The van der Waals surface area contributed by atoms with Crippen molar-refractivity contribution in [3.05, 3.63) is 47.4 Å². The first-order valence-corrected chi connectivity index (χ1v) is 12.5. The lowest BCUT2D eigenvalue weighted by molar-refractivity contribution is -0.141. The molecule has 0 N–H and O–H groups in total. The number of halogens is 1. The van der Waals surface area contributed by atoms with Crippen molar-refractivity contribution >= 4 is 23.4 Å². The van der Waals surface area contributed by atoms with Gasteiger partial charge in [-0.25, -0.2) is 4.98 Å². The van der Waals surface area contributed by atoms with Crippen molar-refractivity contribution in [2.24, 2.45) is 5.92 Å². The first-order chi connectivity index (χ1) is 16.1. The Hall–Kier alpha value is -2.38. The van der Waals surface area contributed by atoms with Crippen LogP contribution in [0.25, 0.3) is 5.82 Å². The molecule has 33 heavy (non-hydrogen) atoms. The fraction of sp³-hybridized carbons (Fsp3) is 0.560. The second-order valence-electron chi connectivity index (χ2n) is 9.52. The Bertz CT molecular complexity index is 991. The SMILES string of the molecule is O=C1CCCN1CCCN1C(=O)CC[C@@H]2CN(Cc3cccn3-c3ccc(Cl)cn3)CC[C@@H]21. The average Bonchev–Trinajstić information content (AvgIpc) is 3.45. The van der Waals surface area contributed by atoms with Gasteiger partial charge in [-0.2, -0.15) is 0 Å². The van der Waals surface area contributed by atoms with Crippen LogP contribution in [0.2, 0.25) is 5.02 Å². The second kappa shape index (κ2) is 9.85. The predicted octanol–water partition coefficient (Wildman–Crippen LogP) is 3.35. The Kier molecular flexibility index (Phi) is 6.69. The molecule has 0 spiro atoms. The highest BCUT2D eigenvalue weighted by atomic mass is 35.5. The van der Waals surface area contributed by atoms with Crippen LogP contribution in [0.15, 0.2) is 36.7 Å². The van der Waals surface area contributed by atoms with E-state index in [1.54, 1.807) is 6.20 Å². The summed E-state index contributed by atoms with van der Waals surface area (Å²) in [5.41, 5.74) is 1.21. The summed E-state index contributed by atoms with van der Waals surface area (Å²) in [5, 5.41) is 0.637. The summed E-state index contributed by atoms with van der Waals surface area (Å²) in [6, 6.07) is 8.36. The zero-order valence-electron chi connectivity index (χ0n) is 19.0. The fourth-order valence-electron chi connectivity index (χ4n) is 5.74. The van der Waals surface area contributed by atoms with Crippen molar-refractivity contribution in [3.8, 4) is 5.82 Å². The first kappa shape index (κ1) is 22.4. The van der Waals surface area contributed by atoms with Crippen LogP contribution >= 0.6 is 11.6 Å². The Balaban J connectivity index is 1.18. The van der Waals surface area contributed by atoms with E-state index in [0.717, 1.165) is 70.8 Å². The van der Waals surface area contributed by atoms with E-state index in [-0.39, 0.29) is 5.91 Å². The molecule has 2 aromatic rings. The lowest BCUT2D eigenvalue weighted by atomic mass is 9.83. The van der Waals surface area contributed by atoms with Gasteiger partial charge in [0.25, 0.3) is 0 Å². The molecule has 0 radical (unpaired) electrons. The third kappa shape index (κ3) is 4.94. The van der Waals surface area contributed by atoms with Gasteiger partial charge in [0.2, 0.25) is 11.8 Å². The summed E-state index contributed by atoms with van der Waals surface area (Å²) >= 11 is 6.00. The molecular formula is C25H32ClN5O2. The Morgan fingerprint density at radius 2 is 1.94 bits per heavy atom. The lowest BCUT2D eigenvalue weighted by Crippen LogP contribution is -2.56. The van der Waals surface area contributed by atoms with Crippen LogP contribution in [0.3, 0.4) is 0 Å². The number of carbonyl (C=O) groups is 2. The van der Waals surface area contributed by atoms with E-state index in [0.29, 0.717) is 35.7 Å². The summed E-state index contributed by atoms with van der Waals surface area (Å²) in [6.45, 7) is 5.29. The number of hydrogen-bond acceptors (Lipinski definition) is 4. The number of piperidine rings is 2. The Labute approximate surface area is 200 Å². The van der Waals surface area contributed by atoms with E-state index in [2.05, 4.69) is 31.5 Å². The molecule has 3 saturated heterocycles. The molecule has 2 atom stereocenters. The smallest absolute Gasteiger partial charge is 0.222 e. The molecule has 8 heteroatoms. The molecular weight excluding hydrogens is 438 g/mol. The van der Waals surface area contributed by atoms with Gasteiger partial charge < -0.3 is 14.4 Å². The molecule has 176 valence electrons. The van der Waals surface area contributed by atoms with E-state index >= 15 is 0 Å². The molecule has 0 bridgehead atoms. The third-order valence-corrected chi connectivity index (χ3v) is 7.63. The molecule has 0 saturated carbocycles. The summed E-state index contributed by atoms with van der Waals surface area (Å²) in [6.07, 6.45) is 8.89. The van der Waals surface area contributed by atoms with Crippen molar-refractivity contribution in [2.45, 2.75) is 51.1 Å². The number of hydrogen-bond donors (Lipinski definition) is 0. The monoisotopic (exact) mass is 469 g/mol. The molecule has 2 aromatic heterocycles. The zero-order chi connectivity index (χ0) is 22.8. The first-order valence-electron chi connectivity index (χ1n) is 12.2. The average molecular weight is 470 g/mol. The van der Waals surface area contributed by atoms with Gasteiger partial charge in [-0.05, 0) is 55.9 Å². The van der Waals surface area contributed by atoms with Gasteiger partial charge in [-0.15, -0.1) is 0 Å². The number of fused-ring (bicyclic) bond motifs is 1. The summed E-state index contributed by atoms with van der Waals surface area (Å²) < 4.78 is 2.12. The number of likely N-dealkylation sites (tertiary alicyclic amines) is 3. The predicted molar refractivity (Wildman–Crippen MR) is 127 cm³/mol. The van der Waals surface area contributed by atoms with Crippen molar-refractivity contribution in [3.63, 3.8) is 0 Å². The fourth-order valence-corrected chi connectivity index (χ4v) is 5.85. The number of pyridine rings is 1. The molecule has 5 heterocycles. The van der Waals surface area contributed by atoms with E-state index in [1.807, 2.05) is 23.2 Å². The highest BCUT2D eigenvalue weighted by Crippen LogP contribution is 2.32. The van der Waals surface area contributed by atoms with Crippen LogP contribution < -0.4 is 0 Å². The van der Waals surface area contributed by atoms with Crippen molar-refractivity contribution < 1.29 is 9.59 Å². The van der Waals surface area contributed by atoms with Gasteiger partial charge in [-0.3, -0.25) is 14.5 Å². The molecule has 3 aliphatic rings. The van der Waals surface area contributed by atoms with Crippen molar-refractivity contribution in [1.29, 1.82) is 0 Å². The van der Waals surface area contributed by atoms with E-state index in [4.69, 9.17) is 11.6 Å². The molecule has 5 rings (SSSR count). The molecule has 3 aliphatic heterocycles. The van der Waals surface area contributed by atoms with Gasteiger partial charge in [-0.1, -0.05) is 11.6 Å². The van der Waals surface area contributed by atoms with E-state index in [1.165, 1.54) is 5.69 Å². The summed E-state index contributed by atoms with van der Waals surface area (Å²) in [5.74, 6) is 1.95. The highest BCUT2D eigenvalue weighted by Gasteiger charge is 2.39. The molecule has 0 unspecified atom stereocenters. The summed E-state index contributed by atoms with van der Waals surface area (Å²) in [7, 11) is 0. The Morgan fingerprint density at radius 1 is 1.03 bits per heavy atom. The quantitative estimate of drug-likeness (QED) is 0.624. The molecule has 7 nitrogen and oxygen atoms in total. The van der Waals surface area contributed by atoms with Crippen LogP contribution in [-0.4, -0.2) is 74.8 Å². The largest absolute Gasteiger partial charge is 0.343 e. The van der Waals surface area contributed by atoms with Crippen LogP contribution in [0.1, 0.15) is 44.2 Å². The van der Waals surface area contributed by atoms with Crippen LogP contribution in [0.5, 0.6) is 0 Å². The zero-order valence-corrected chi connectivity index (χ0v) is 19.8.